The Kier molecular flexibility index (Phi) is 8.53. The number of nitrogens with one attached hydrogen (secondary N) is 1. The van der Waals surface area contributed by atoms with Gasteiger partial charge in [-0.3, -0.25) is 0 Å². The molecule has 0 aliphatic carbocycles. The second-order valence-corrected chi connectivity index (χ2v) is 3.95. The lowest BCUT2D eigenvalue weighted by Crippen LogP contribution is -2.38. The van der Waals surface area contributed by atoms with Crippen LogP contribution in [0.5, 0.6) is 0 Å². The molecule has 1 N–H and O–H groups in total. The molecule has 0 aromatic carbocycles. The standard InChI is InChI=1S/C13H22N4.HI/c1-5-9-15-13(14-6-2)17(4)11-12-8-7-10-16(12)3;/h5,7-8,10H,1,6,9,11H2,2-4H3,(H,14,15);1H. The highest BCUT2D eigenvalue weighted by Gasteiger charge is 2.07. The zero-order valence-corrected chi connectivity index (χ0v) is 13.7. The number of hydrogen-bond acceptors (Lipinski definition) is 1. The van der Waals surface area contributed by atoms with Gasteiger partial charge in [0.2, 0.25) is 0 Å². The maximum absolute atomic E-state index is 4.45. The first-order valence-corrected chi connectivity index (χ1v) is 5.89. The average molecular weight is 362 g/mol. The summed E-state index contributed by atoms with van der Waals surface area (Å²) in [4.78, 5) is 6.56. The highest BCUT2D eigenvalue weighted by atomic mass is 127. The van der Waals surface area contributed by atoms with E-state index in [1.165, 1.54) is 5.69 Å². The van der Waals surface area contributed by atoms with E-state index in [0.717, 1.165) is 19.0 Å². The van der Waals surface area contributed by atoms with Crippen molar-refractivity contribution >= 4 is 29.9 Å². The van der Waals surface area contributed by atoms with Gasteiger partial charge in [0.25, 0.3) is 0 Å². The van der Waals surface area contributed by atoms with Gasteiger partial charge in [-0.25, -0.2) is 4.99 Å². The number of hydrogen-bond donors (Lipinski definition) is 1. The van der Waals surface area contributed by atoms with Crippen molar-refractivity contribution in [2.75, 3.05) is 20.1 Å². The molecule has 1 aromatic heterocycles. The lowest BCUT2D eigenvalue weighted by molar-refractivity contribution is 0.463. The zero-order valence-electron chi connectivity index (χ0n) is 11.4. The van der Waals surface area contributed by atoms with Crippen molar-refractivity contribution in [3.05, 3.63) is 36.7 Å². The van der Waals surface area contributed by atoms with Crippen molar-refractivity contribution < 1.29 is 0 Å². The van der Waals surface area contributed by atoms with Crippen LogP contribution >= 0.6 is 24.0 Å². The fourth-order valence-electron chi connectivity index (χ4n) is 1.60. The molecule has 102 valence electrons. The topological polar surface area (TPSA) is 32.6 Å². The minimum Gasteiger partial charge on any atom is -0.357 e. The fraction of sp³-hybridized carbons (Fsp3) is 0.462. The van der Waals surface area contributed by atoms with Crippen molar-refractivity contribution in [3.8, 4) is 0 Å². The smallest absolute Gasteiger partial charge is 0.194 e. The Morgan fingerprint density at radius 3 is 2.83 bits per heavy atom. The van der Waals surface area contributed by atoms with Crippen LogP contribution in [0.1, 0.15) is 12.6 Å². The van der Waals surface area contributed by atoms with Gasteiger partial charge in [-0.05, 0) is 19.1 Å². The van der Waals surface area contributed by atoms with Gasteiger partial charge in [0.1, 0.15) is 0 Å². The summed E-state index contributed by atoms with van der Waals surface area (Å²) in [7, 11) is 4.09. The molecule has 0 aliphatic heterocycles. The minimum atomic E-state index is 0. The van der Waals surface area contributed by atoms with Crippen molar-refractivity contribution in [2.24, 2.45) is 12.0 Å². The van der Waals surface area contributed by atoms with Gasteiger partial charge >= 0.3 is 0 Å². The van der Waals surface area contributed by atoms with Gasteiger partial charge in [-0.2, -0.15) is 0 Å². The summed E-state index contributed by atoms with van der Waals surface area (Å²) in [6.07, 6.45) is 3.85. The highest BCUT2D eigenvalue weighted by molar-refractivity contribution is 14.0. The maximum atomic E-state index is 4.45. The van der Waals surface area contributed by atoms with Crippen LogP contribution in [0.3, 0.4) is 0 Å². The Balaban J connectivity index is 0.00000289. The van der Waals surface area contributed by atoms with Crippen LogP contribution < -0.4 is 5.32 Å². The first-order chi connectivity index (χ1) is 8.19. The van der Waals surface area contributed by atoms with E-state index >= 15 is 0 Å². The number of aryl methyl sites for hydroxylation is 1. The third-order valence-corrected chi connectivity index (χ3v) is 2.52. The van der Waals surface area contributed by atoms with Crippen LogP contribution in [0.4, 0.5) is 0 Å². The van der Waals surface area contributed by atoms with Crippen molar-refractivity contribution in [3.63, 3.8) is 0 Å². The van der Waals surface area contributed by atoms with E-state index in [9.17, 15) is 0 Å². The molecule has 0 amide bonds. The largest absolute Gasteiger partial charge is 0.357 e. The SMILES string of the molecule is C=CCN=C(NCC)N(C)Cc1cccn1C.I. The summed E-state index contributed by atoms with van der Waals surface area (Å²) in [5, 5.41) is 3.27. The Morgan fingerprint density at radius 2 is 2.33 bits per heavy atom. The van der Waals surface area contributed by atoms with Gasteiger partial charge in [0.05, 0.1) is 13.1 Å². The summed E-state index contributed by atoms with van der Waals surface area (Å²) >= 11 is 0. The Bertz CT molecular complexity index is 384. The monoisotopic (exact) mass is 362 g/mol. The zero-order chi connectivity index (χ0) is 12.7. The second-order valence-electron chi connectivity index (χ2n) is 3.95. The molecular formula is C13H23IN4. The Labute approximate surface area is 127 Å². The van der Waals surface area contributed by atoms with Crippen molar-refractivity contribution in [2.45, 2.75) is 13.5 Å². The van der Waals surface area contributed by atoms with Gasteiger partial charge in [-0.15, -0.1) is 30.6 Å². The van der Waals surface area contributed by atoms with Crippen molar-refractivity contribution in [1.29, 1.82) is 0 Å². The molecule has 1 heterocycles. The third kappa shape index (κ3) is 5.12. The molecule has 4 nitrogen and oxygen atoms in total. The van der Waals surface area contributed by atoms with Crippen LogP contribution in [-0.4, -0.2) is 35.6 Å². The normalized spacial score (nSPS) is 10.7. The second kappa shape index (κ2) is 9.02. The molecule has 0 bridgehead atoms. The van der Waals surface area contributed by atoms with Gasteiger partial charge in [0, 0.05) is 32.5 Å². The maximum Gasteiger partial charge on any atom is 0.194 e. The fourth-order valence-corrected chi connectivity index (χ4v) is 1.60. The predicted octanol–water partition coefficient (Wildman–Crippen LogP) is 2.23. The Morgan fingerprint density at radius 1 is 1.61 bits per heavy atom. The molecule has 0 atom stereocenters. The molecule has 5 heteroatoms. The first-order valence-electron chi connectivity index (χ1n) is 5.89. The summed E-state index contributed by atoms with van der Waals surface area (Å²) in [6, 6.07) is 4.17. The number of aliphatic imine (C=N–C) groups is 1. The lowest BCUT2D eigenvalue weighted by Gasteiger charge is -2.22. The Hall–Kier alpha value is -0.980. The number of halogens is 1. The van der Waals surface area contributed by atoms with E-state index in [4.69, 9.17) is 0 Å². The van der Waals surface area contributed by atoms with Crippen LogP contribution in [-0.2, 0) is 13.6 Å². The van der Waals surface area contributed by atoms with E-state index in [-0.39, 0.29) is 24.0 Å². The molecule has 0 spiro atoms. The molecule has 0 fully saturated rings. The van der Waals surface area contributed by atoms with E-state index in [1.54, 1.807) is 6.08 Å². The summed E-state index contributed by atoms with van der Waals surface area (Å²) in [6.45, 7) is 8.10. The molecular weight excluding hydrogens is 339 g/mol. The van der Waals surface area contributed by atoms with Crippen LogP contribution in [0, 0.1) is 0 Å². The lowest BCUT2D eigenvalue weighted by atomic mass is 10.4. The number of rotatable bonds is 5. The molecule has 18 heavy (non-hydrogen) atoms. The van der Waals surface area contributed by atoms with Crippen LogP contribution in [0.15, 0.2) is 36.0 Å². The number of nitrogens with zero attached hydrogens (tertiary/aromatic N) is 3. The number of guanidine groups is 1. The molecule has 0 unspecified atom stereocenters. The van der Waals surface area contributed by atoms with Gasteiger partial charge in [0.15, 0.2) is 5.96 Å². The molecule has 0 saturated heterocycles. The van der Waals surface area contributed by atoms with Gasteiger partial charge < -0.3 is 14.8 Å². The average Bonchev–Trinajstić information content (AvgIpc) is 2.70. The number of aromatic nitrogens is 1. The van der Waals surface area contributed by atoms with Crippen LogP contribution in [0.25, 0.3) is 0 Å². The third-order valence-electron chi connectivity index (χ3n) is 2.52. The highest BCUT2D eigenvalue weighted by Crippen LogP contribution is 2.03. The van der Waals surface area contributed by atoms with E-state index < -0.39 is 0 Å². The quantitative estimate of drug-likeness (QED) is 0.377. The molecule has 1 rings (SSSR count). The molecule has 0 aliphatic rings. The first kappa shape index (κ1) is 17.0. The minimum absolute atomic E-state index is 0. The van der Waals surface area contributed by atoms with E-state index in [0.29, 0.717) is 6.54 Å². The van der Waals surface area contributed by atoms with Crippen molar-refractivity contribution in [1.82, 2.24) is 14.8 Å². The van der Waals surface area contributed by atoms with E-state index in [2.05, 4.69) is 58.7 Å². The summed E-state index contributed by atoms with van der Waals surface area (Å²) in [5.74, 6) is 0.911. The molecule has 0 saturated carbocycles. The van der Waals surface area contributed by atoms with Crippen LogP contribution in [0.2, 0.25) is 0 Å². The predicted molar refractivity (Wildman–Crippen MR) is 88.5 cm³/mol. The van der Waals surface area contributed by atoms with Gasteiger partial charge in [-0.1, -0.05) is 6.08 Å². The van der Waals surface area contributed by atoms with E-state index in [1.807, 2.05) is 7.05 Å². The summed E-state index contributed by atoms with van der Waals surface area (Å²) in [5.41, 5.74) is 1.26. The molecule has 1 aromatic rings. The molecule has 0 radical (unpaired) electrons. The summed E-state index contributed by atoms with van der Waals surface area (Å²) < 4.78 is 2.12.